The topological polar surface area (TPSA) is 76.7 Å². The summed E-state index contributed by atoms with van der Waals surface area (Å²) < 4.78 is 11.2. The van der Waals surface area contributed by atoms with Crippen LogP contribution in [0.3, 0.4) is 0 Å². The third-order valence-corrected chi connectivity index (χ3v) is 4.83. The van der Waals surface area contributed by atoms with Crippen LogP contribution in [0.15, 0.2) is 78.9 Å². The second-order valence-corrected chi connectivity index (χ2v) is 7.12. The number of ether oxygens (including phenoxy) is 2. The summed E-state index contributed by atoms with van der Waals surface area (Å²) in [6.07, 6.45) is 0.0914. The van der Waals surface area contributed by atoms with Crippen molar-refractivity contribution >= 4 is 11.8 Å². The molecule has 0 saturated heterocycles. The Bertz CT molecular complexity index is 983. The lowest BCUT2D eigenvalue weighted by Crippen LogP contribution is -2.44. The Hall–Kier alpha value is -3.80. The van der Waals surface area contributed by atoms with Crippen molar-refractivity contribution in [1.82, 2.24) is 10.9 Å². The Morgan fingerprint density at radius 2 is 1.31 bits per heavy atom. The summed E-state index contributed by atoms with van der Waals surface area (Å²) >= 11 is 0. The standard InChI is InChI=1S/C26H28N2O4/c1-3-31-22-16-15-19(17-23(22)32-4-2)18-24(29)27-28-26(30)25(20-11-7-5-8-12-20)21-13-9-6-10-14-21/h5-17,25H,3-4,18H2,1-2H3,(H,27,29)(H,28,30). The van der Waals surface area contributed by atoms with Gasteiger partial charge in [0.05, 0.1) is 25.6 Å². The van der Waals surface area contributed by atoms with E-state index in [4.69, 9.17) is 9.47 Å². The Kier molecular flexibility index (Phi) is 8.26. The van der Waals surface area contributed by atoms with Gasteiger partial charge in [0.15, 0.2) is 11.5 Å². The minimum Gasteiger partial charge on any atom is -0.490 e. The number of rotatable bonds is 9. The fourth-order valence-electron chi connectivity index (χ4n) is 3.42. The molecule has 166 valence electrons. The number of hydrazine groups is 1. The van der Waals surface area contributed by atoms with Crippen molar-refractivity contribution in [1.29, 1.82) is 0 Å². The monoisotopic (exact) mass is 432 g/mol. The number of hydrogen-bond donors (Lipinski definition) is 2. The maximum absolute atomic E-state index is 13.0. The van der Waals surface area contributed by atoms with E-state index in [2.05, 4.69) is 10.9 Å². The number of hydrogen-bond acceptors (Lipinski definition) is 4. The van der Waals surface area contributed by atoms with Gasteiger partial charge in [-0.15, -0.1) is 0 Å². The molecule has 0 atom stereocenters. The quantitative estimate of drug-likeness (QED) is 0.501. The van der Waals surface area contributed by atoms with Crippen LogP contribution < -0.4 is 20.3 Å². The Morgan fingerprint density at radius 3 is 1.88 bits per heavy atom. The fraction of sp³-hybridized carbons (Fsp3) is 0.231. The zero-order valence-electron chi connectivity index (χ0n) is 18.3. The van der Waals surface area contributed by atoms with E-state index in [9.17, 15) is 9.59 Å². The Balaban J connectivity index is 1.66. The van der Waals surface area contributed by atoms with Gasteiger partial charge < -0.3 is 9.47 Å². The van der Waals surface area contributed by atoms with Gasteiger partial charge in [-0.2, -0.15) is 0 Å². The first-order valence-corrected chi connectivity index (χ1v) is 10.7. The molecule has 0 saturated carbocycles. The fourth-order valence-corrected chi connectivity index (χ4v) is 3.42. The average molecular weight is 433 g/mol. The van der Waals surface area contributed by atoms with Crippen molar-refractivity contribution in [2.45, 2.75) is 26.2 Å². The Morgan fingerprint density at radius 1 is 0.750 bits per heavy atom. The molecule has 0 heterocycles. The maximum atomic E-state index is 13.0. The van der Waals surface area contributed by atoms with Gasteiger partial charge in [0.2, 0.25) is 11.8 Å². The number of amides is 2. The molecule has 3 aromatic rings. The van der Waals surface area contributed by atoms with E-state index in [-0.39, 0.29) is 18.2 Å². The summed E-state index contributed by atoms with van der Waals surface area (Å²) in [5.74, 6) is 0.0623. The van der Waals surface area contributed by atoms with Gasteiger partial charge >= 0.3 is 0 Å². The van der Waals surface area contributed by atoms with Crippen LogP contribution in [0, 0.1) is 0 Å². The lowest BCUT2D eigenvalue weighted by molar-refractivity contribution is -0.128. The van der Waals surface area contributed by atoms with Crippen molar-refractivity contribution in [3.63, 3.8) is 0 Å². The van der Waals surface area contributed by atoms with Crippen LogP contribution in [0.4, 0.5) is 0 Å². The highest BCUT2D eigenvalue weighted by Gasteiger charge is 2.23. The van der Waals surface area contributed by atoms with Gasteiger partial charge in [-0.05, 0) is 42.7 Å². The van der Waals surface area contributed by atoms with E-state index < -0.39 is 5.92 Å². The van der Waals surface area contributed by atoms with Crippen LogP contribution >= 0.6 is 0 Å². The van der Waals surface area contributed by atoms with E-state index in [0.717, 1.165) is 16.7 Å². The second-order valence-electron chi connectivity index (χ2n) is 7.12. The molecule has 0 aliphatic heterocycles. The minimum absolute atomic E-state index is 0.0914. The third-order valence-electron chi connectivity index (χ3n) is 4.83. The zero-order chi connectivity index (χ0) is 22.8. The van der Waals surface area contributed by atoms with Gasteiger partial charge in [-0.1, -0.05) is 66.7 Å². The molecule has 2 N–H and O–H groups in total. The van der Waals surface area contributed by atoms with Crippen molar-refractivity contribution in [2.24, 2.45) is 0 Å². The summed E-state index contributed by atoms with van der Waals surface area (Å²) in [6, 6.07) is 24.3. The van der Waals surface area contributed by atoms with Crippen molar-refractivity contribution < 1.29 is 19.1 Å². The van der Waals surface area contributed by atoms with E-state index in [1.165, 1.54) is 0 Å². The van der Waals surface area contributed by atoms with Crippen molar-refractivity contribution in [3.8, 4) is 11.5 Å². The number of carbonyl (C=O) groups excluding carboxylic acids is 2. The van der Waals surface area contributed by atoms with Crippen LogP contribution in [-0.4, -0.2) is 25.0 Å². The first-order chi connectivity index (χ1) is 15.6. The third kappa shape index (κ3) is 6.11. The molecule has 0 aliphatic rings. The van der Waals surface area contributed by atoms with Crippen LogP contribution in [0.2, 0.25) is 0 Å². The molecule has 3 rings (SSSR count). The predicted octanol–water partition coefficient (Wildman–Crippen LogP) is 4.01. The van der Waals surface area contributed by atoms with Gasteiger partial charge in [-0.3, -0.25) is 20.4 Å². The summed E-state index contributed by atoms with van der Waals surface area (Å²) in [5.41, 5.74) is 7.56. The van der Waals surface area contributed by atoms with E-state index in [1.807, 2.05) is 80.6 Å². The number of benzene rings is 3. The molecule has 0 spiro atoms. The van der Waals surface area contributed by atoms with E-state index in [1.54, 1.807) is 12.1 Å². The Labute approximate surface area is 188 Å². The van der Waals surface area contributed by atoms with E-state index in [0.29, 0.717) is 24.7 Å². The molecule has 0 fully saturated rings. The molecule has 2 amide bonds. The van der Waals surface area contributed by atoms with Gasteiger partial charge in [0.1, 0.15) is 0 Å². The molecule has 6 nitrogen and oxygen atoms in total. The second kappa shape index (κ2) is 11.6. The summed E-state index contributed by atoms with van der Waals surface area (Å²) in [7, 11) is 0. The number of nitrogens with one attached hydrogen (secondary N) is 2. The first-order valence-electron chi connectivity index (χ1n) is 10.7. The molecule has 6 heteroatoms. The molecule has 0 bridgehead atoms. The normalized spacial score (nSPS) is 10.5. The summed E-state index contributed by atoms with van der Waals surface area (Å²) in [6.45, 7) is 4.81. The van der Waals surface area contributed by atoms with Crippen molar-refractivity contribution in [3.05, 3.63) is 95.6 Å². The summed E-state index contributed by atoms with van der Waals surface area (Å²) in [5, 5.41) is 0. The predicted molar refractivity (Wildman–Crippen MR) is 123 cm³/mol. The largest absolute Gasteiger partial charge is 0.490 e. The first kappa shape index (κ1) is 22.9. The lowest BCUT2D eigenvalue weighted by Gasteiger charge is -2.18. The zero-order valence-corrected chi connectivity index (χ0v) is 18.3. The molecule has 32 heavy (non-hydrogen) atoms. The number of carbonyl (C=O) groups is 2. The van der Waals surface area contributed by atoms with Crippen LogP contribution in [-0.2, 0) is 16.0 Å². The van der Waals surface area contributed by atoms with Gasteiger partial charge in [0.25, 0.3) is 0 Å². The van der Waals surface area contributed by atoms with E-state index >= 15 is 0 Å². The van der Waals surface area contributed by atoms with Crippen molar-refractivity contribution in [2.75, 3.05) is 13.2 Å². The van der Waals surface area contributed by atoms with Gasteiger partial charge in [0, 0.05) is 0 Å². The minimum atomic E-state index is -0.535. The molecular formula is C26H28N2O4. The molecule has 3 aromatic carbocycles. The molecule has 0 aromatic heterocycles. The summed E-state index contributed by atoms with van der Waals surface area (Å²) in [4.78, 5) is 25.5. The highest BCUT2D eigenvalue weighted by molar-refractivity contribution is 5.89. The molecule has 0 unspecified atom stereocenters. The molecular weight excluding hydrogens is 404 g/mol. The highest BCUT2D eigenvalue weighted by atomic mass is 16.5. The van der Waals surface area contributed by atoms with Crippen LogP contribution in [0.1, 0.15) is 36.5 Å². The molecule has 0 radical (unpaired) electrons. The van der Waals surface area contributed by atoms with Crippen LogP contribution in [0.5, 0.6) is 11.5 Å². The maximum Gasteiger partial charge on any atom is 0.250 e. The molecule has 0 aliphatic carbocycles. The smallest absolute Gasteiger partial charge is 0.250 e. The lowest BCUT2D eigenvalue weighted by atomic mass is 9.91. The SMILES string of the molecule is CCOc1ccc(CC(=O)NNC(=O)C(c2ccccc2)c2ccccc2)cc1OCC. The average Bonchev–Trinajstić information content (AvgIpc) is 2.81. The highest BCUT2D eigenvalue weighted by Crippen LogP contribution is 2.29. The van der Waals surface area contributed by atoms with Gasteiger partial charge in [-0.25, -0.2) is 0 Å². The van der Waals surface area contributed by atoms with Crippen LogP contribution in [0.25, 0.3) is 0 Å².